The number of halogens is 2. The van der Waals surface area contributed by atoms with Crippen LogP contribution in [0.15, 0.2) is 33.2 Å². The average Bonchev–Trinajstić information content (AvgIpc) is 2.47. The fourth-order valence-corrected chi connectivity index (χ4v) is 2.08. The van der Waals surface area contributed by atoms with E-state index in [0.717, 1.165) is 21.5 Å². The Morgan fingerprint density at radius 3 is 2.43 bits per heavy atom. The Bertz CT molecular complexity index is 450. The SMILES string of the molecule is Cc1nc(I)oc1-c1ccc(Br)cc1. The molecule has 2 nitrogen and oxygen atoms in total. The normalized spacial score (nSPS) is 10.5. The fourth-order valence-electron chi connectivity index (χ4n) is 1.23. The van der Waals surface area contributed by atoms with Crippen LogP contribution in [-0.4, -0.2) is 4.98 Å². The first-order valence-corrected chi connectivity index (χ1v) is 5.93. The minimum Gasteiger partial charge on any atom is -0.432 e. The van der Waals surface area contributed by atoms with Gasteiger partial charge in [0.25, 0.3) is 3.90 Å². The maximum atomic E-state index is 5.50. The van der Waals surface area contributed by atoms with Gasteiger partial charge in [-0.15, -0.1) is 0 Å². The number of oxazole rings is 1. The van der Waals surface area contributed by atoms with E-state index >= 15 is 0 Å². The number of aromatic nitrogens is 1. The summed E-state index contributed by atoms with van der Waals surface area (Å²) in [6.45, 7) is 1.95. The molecule has 0 bridgehead atoms. The highest BCUT2D eigenvalue weighted by atomic mass is 127. The van der Waals surface area contributed by atoms with Crippen LogP contribution in [0.3, 0.4) is 0 Å². The molecule has 0 aliphatic rings. The van der Waals surface area contributed by atoms with E-state index < -0.39 is 0 Å². The first kappa shape index (κ1) is 10.2. The van der Waals surface area contributed by atoms with E-state index in [4.69, 9.17) is 4.42 Å². The fraction of sp³-hybridized carbons (Fsp3) is 0.100. The molecule has 0 radical (unpaired) electrons. The van der Waals surface area contributed by atoms with Crippen LogP contribution in [0, 0.1) is 10.8 Å². The second kappa shape index (κ2) is 4.02. The van der Waals surface area contributed by atoms with Gasteiger partial charge in [-0.05, 0) is 19.1 Å². The summed E-state index contributed by atoms with van der Waals surface area (Å²) < 4.78 is 7.24. The van der Waals surface area contributed by atoms with Crippen molar-refractivity contribution < 1.29 is 4.42 Å². The Balaban J connectivity index is 2.49. The molecule has 4 heteroatoms. The molecule has 2 aromatic rings. The van der Waals surface area contributed by atoms with Crippen LogP contribution in [-0.2, 0) is 0 Å². The Morgan fingerprint density at radius 2 is 1.93 bits per heavy atom. The largest absolute Gasteiger partial charge is 0.432 e. The summed E-state index contributed by atoms with van der Waals surface area (Å²) in [6.07, 6.45) is 0. The van der Waals surface area contributed by atoms with E-state index in [2.05, 4.69) is 43.5 Å². The highest BCUT2D eigenvalue weighted by molar-refractivity contribution is 14.1. The minimum absolute atomic E-state index is 0.679. The highest BCUT2D eigenvalue weighted by Crippen LogP contribution is 2.26. The molecule has 14 heavy (non-hydrogen) atoms. The Labute approximate surface area is 104 Å². The number of rotatable bonds is 1. The molecule has 0 saturated heterocycles. The lowest BCUT2D eigenvalue weighted by molar-refractivity contribution is 0.538. The van der Waals surface area contributed by atoms with Gasteiger partial charge in [-0.25, -0.2) is 4.98 Å². The Morgan fingerprint density at radius 1 is 1.29 bits per heavy atom. The number of aryl methyl sites for hydroxylation is 1. The molecular weight excluding hydrogens is 357 g/mol. The topological polar surface area (TPSA) is 26.0 Å². The van der Waals surface area contributed by atoms with Crippen LogP contribution < -0.4 is 0 Å². The van der Waals surface area contributed by atoms with Gasteiger partial charge in [-0.1, -0.05) is 28.1 Å². The molecule has 0 saturated carbocycles. The van der Waals surface area contributed by atoms with Crippen molar-refractivity contribution in [2.45, 2.75) is 6.92 Å². The predicted molar refractivity (Wildman–Crippen MR) is 67.1 cm³/mol. The van der Waals surface area contributed by atoms with Crippen LogP contribution in [0.25, 0.3) is 11.3 Å². The molecule has 0 spiro atoms. The van der Waals surface area contributed by atoms with Crippen LogP contribution in [0.4, 0.5) is 0 Å². The lowest BCUT2D eigenvalue weighted by Gasteiger charge is -1.97. The van der Waals surface area contributed by atoms with E-state index in [-0.39, 0.29) is 0 Å². The zero-order chi connectivity index (χ0) is 10.1. The molecule has 0 aliphatic heterocycles. The number of nitrogens with zero attached hydrogens (tertiary/aromatic N) is 1. The van der Waals surface area contributed by atoms with Crippen LogP contribution in [0.1, 0.15) is 5.69 Å². The number of hydrogen-bond donors (Lipinski definition) is 0. The summed E-state index contributed by atoms with van der Waals surface area (Å²) in [5.74, 6) is 0.849. The summed E-state index contributed by atoms with van der Waals surface area (Å²) in [7, 11) is 0. The smallest absolute Gasteiger partial charge is 0.257 e. The quantitative estimate of drug-likeness (QED) is 0.715. The first-order valence-electron chi connectivity index (χ1n) is 4.05. The van der Waals surface area contributed by atoms with Crippen molar-refractivity contribution in [3.05, 3.63) is 38.3 Å². The summed E-state index contributed by atoms with van der Waals surface area (Å²) in [5.41, 5.74) is 1.98. The monoisotopic (exact) mass is 363 g/mol. The molecule has 1 aromatic heterocycles. The van der Waals surface area contributed by atoms with E-state index in [0.29, 0.717) is 3.90 Å². The molecule has 0 atom stereocenters. The Kier molecular flexibility index (Phi) is 2.92. The first-order chi connectivity index (χ1) is 6.66. The van der Waals surface area contributed by atoms with Gasteiger partial charge in [0.15, 0.2) is 5.76 Å². The summed E-state index contributed by atoms with van der Waals surface area (Å²) >= 11 is 5.47. The van der Waals surface area contributed by atoms with E-state index in [1.54, 1.807) is 0 Å². The van der Waals surface area contributed by atoms with Gasteiger partial charge in [0.05, 0.1) is 5.69 Å². The van der Waals surface area contributed by atoms with E-state index in [1.165, 1.54) is 0 Å². The second-order valence-electron chi connectivity index (χ2n) is 2.89. The molecule has 0 unspecified atom stereocenters. The van der Waals surface area contributed by atoms with Gasteiger partial charge in [0.2, 0.25) is 0 Å². The van der Waals surface area contributed by atoms with E-state index in [1.807, 2.05) is 31.2 Å². The molecule has 0 amide bonds. The molecule has 1 aromatic carbocycles. The van der Waals surface area contributed by atoms with Crippen molar-refractivity contribution >= 4 is 38.5 Å². The van der Waals surface area contributed by atoms with Crippen LogP contribution in [0.2, 0.25) is 0 Å². The van der Waals surface area contributed by atoms with Crippen LogP contribution in [0.5, 0.6) is 0 Å². The standard InChI is InChI=1S/C10H7BrINO/c1-6-9(14-10(12)13-6)7-2-4-8(11)5-3-7/h2-5H,1H3. The van der Waals surface area contributed by atoms with Gasteiger partial charge >= 0.3 is 0 Å². The summed E-state index contributed by atoms with van der Waals surface area (Å²) in [4.78, 5) is 4.22. The molecule has 0 fully saturated rings. The molecule has 1 heterocycles. The average molecular weight is 364 g/mol. The van der Waals surface area contributed by atoms with Gasteiger partial charge in [0.1, 0.15) is 0 Å². The maximum absolute atomic E-state index is 5.50. The van der Waals surface area contributed by atoms with Crippen LogP contribution >= 0.6 is 38.5 Å². The highest BCUT2D eigenvalue weighted by Gasteiger charge is 2.09. The lowest BCUT2D eigenvalue weighted by atomic mass is 10.1. The van der Waals surface area contributed by atoms with Crippen molar-refractivity contribution in [2.24, 2.45) is 0 Å². The lowest BCUT2D eigenvalue weighted by Crippen LogP contribution is -1.77. The maximum Gasteiger partial charge on any atom is 0.257 e. The van der Waals surface area contributed by atoms with Crippen molar-refractivity contribution in [1.29, 1.82) is 0 Å². The summed E-state index contributed by atoms with van der Waals surface area (Å²) in [5, 5.41) is 0. The van der Waals surface area contributed by atoms with Gasteiger partial charge in [-0.3, -0.25) is 0 Å². The molecule has 2 rings (SSSR count). The van der Waals surface area contributed by atoms with Crippen molar-refractivity contribution in [3.8, 4) is 11.3 Å². The third kappa shape index (κ3) is 2.00. The molecular formula is C10H7BrINO. The third-order valence-electron chi connectivity index (χ3n) is 1.88. The van der Waals surface area contributed by atoms with Crippen molar-refractivity contribution in [1.82, 2.24) is 4.98 Å². The Hall–Kier alpha value is -0.360. The number of benzene rings is 1. The van der Waals surface area contributed by atoms with Gasteiger partial charge < -0.3 is 4.42 Å². The second-order valence-corrected chi connectivity index (χ2v) is 4.73. The number of hydrogen-bond acceptors (Lipinski definition) is 2. The minimum atomic E-state index is 0.679. The zero-order valence-corrected chi connectivity index (χ0v) is 11.2. The van der Waals surface area contributed by atoms with E-state index in [9.17, 15) is 0 Å². The zero-order valence-electron chi connectivity index (χ0n) is 7.42. The van der Waals surface area contributed by atoms with Crippen molar-refractivity contribution in [3.63, 3.8) is 0 Å². The van der Waals surface area contributed by atoms with Crippen molar-refractivity contribution in [2.75, 3.05) is 0 Å². The molecule has 0 N–H and O–H groups in total. The summed E-state index contributed by atoms with van der Waals surface area (Å²) in [6, 6.07) is 8.00. The third-order valence-corrected chi connectivity index (χ3v) is 2.87. The van der Waals surface area contributed by atoms with Gasteiger partial charge in [-0.2, -0.15) is 0 Å². The molecule has 0 aliphatic carbocycles. The van der Waals surface area contributed by atoms with Gasteiger partial charge in [0, 0.05) is 32.6 Å². The predicted octanol–water partition coefficient (Wildman–Crippen LogP) is 4.02. The molecule has 72 valence electrons.